The van der Waals surface area contributed by atoms with E-state index < -0.39 is 5.82 Å². The Morgan fingerprint density at radius 1 is 1.19 bits per heavy atom. The van der Waals surface area contributed by atoms with E-state index in [9.17, 15) is 14.0 Å². The quantitative estimate of drug-likeness (QED) is 0.518. The molecule has 2 aliphatic heterocycles. The minimum Gasteiger partial charge on any atom is -0.381 e. The number of carbonyl (C=O) groups is 1. The molecule has 9 nitrogen and oxygen atoms in total. The molecule has 2 aliphatic rings. The van der Waals surface area contributed by atoms with Gasteiger partial charge in [0.15, 0.2) is 11.5 Å². The minimum atomic E-state index is -0.429. The van der Waals surface area contributed by atoms with E-state index in [0.29, 0.717) is 55.5 Å². The van der Waals surface area contributed by atoms with Gasteiger partial charge in [0.25, 0.3) is 11.5 Å². The van der Waals surface area contributed by atoms with Crippen molar-refractivity contribution < 1.29 is 13.9 Å². The Kier molecular flexibility index (Phi) is 6.97. The van der Waals surface area contributed by atoms with E-state index in [1.54, 1.807) is 6.07 Å². The number of aromatic amines is 1. The fraction of sp³-hybridized carbons (Fsp3) is 0.462. The molecule has 0 unspecified atom stereocenters. The number of piperazine rings is 1. The van der Waals surface area contributed by atoms with Gasteiger partial charge < -0.3 is 19.9 Å². The number of halogens is 1. The highest BCUT2D eigenvalue weighted by molar-refractivity contribution is 5.98. The number of carbonyl (C=O) groups excluding carboxylic acids is 1. The van der Waals surface area contributed by atoms with Gasteiger partial charge in [-0.3, -0.25) is 14.5 Å². The van der Waals surface area contributed by atoms with E-state index in [0.717, 1.165) is 43.1 Å². The number of H-pyrrole nitrogens is 1. The van der Waals surface area contributed by atoms with Gasteiger partial charge in [-0.1, -0.05) is 6.92 Å². The van der Waals surface area contributed by atoms with Gasteiger partial charge in [-0.2, -0.15) is 0 Å². The molecule has 0 radical (unpaired) electrons. The highest BCUT2D eigenvalue weighted by Gasteiger charge is 2.25. The van der Waals surface area contributed by atoms with Gasteiger partial charge in [0.1, 0.15) is 11.2 Å². The normalized spacial score (nSPS) is 16.8. The first-order valence-corrected chi connectivity index (χ1v) is 12.4. The van der Waals surface area contributed by atoms with Crippen molar-refractivity contribution >= 4 is 22.6 Å². The largest absolute Gasteiger partial charge is 0.381 e. The Bertz CT molecular complexity index is 1330. The van der Waals surface area contributed by atoms with E-state index in [-0.39, 0.29) is 17.0 Å². The van der Waals surface area contributed by atoms with Crippen LogP contribution in [0.1, 0.15) is 34.4 Å². The molecular formula is C26H31FN6O3. The molecule has 0 saturated carbocycles. The number of benzene rings is 1. The number of rotatable bonds is 7. The summed E-state index contributed by atoms with van der Waals surface area (Å²) in [5, 5.41) is 3.00. The van der Waals surface area contributed by atoms with Crippen LogP contribution in [0.25, 0.3) is 11.0 Å². The lowest BCUT2D eigenvalue weighted by atomic mass is 10.1. The van der Waals surface area contributed by atoms with Gasteiger partial charge in [-0.05, 0) is 43.2 Å². The average Bonchev–Trinajstić information content (AvgIpc) is 2.83. The number of hydrogen-bond donors (Lipinski definition) is 2. The Labute approximate surface area is 208 Å². The van der Waals surface area contributed by atoms with Crippen LogP contribution in [-0.2, 0) is 17.7 Å². The third-order valence-electron chi connectivity index (χ3n) is 6.82. The topological polar surface area (TPSA) is 103 Å². The number of amides is 1. The van der Waals surface area contributed by atoms with Crippen molar-refractivity contribution in [3.8, 4) is 0 Å². The lowest BCUT2D eigenvalue weighted by Gasteiger charge is -2.36. The number of aromatic nitrogens is 3. The standard InChI is InChI=1S/C26H31FN6O3/c1-3-20-25(34)31-21-11-17(10-19(27)23(21)30-20)13-32-6-8-33(9-7-32)22-5-4-16(2)29-24(22)26(35)28-12-18-14-36-15-18/h4-5,10-11,18H,3,6-9,12-15H2,1-2H3,(H,28,35)(H,31,34). The molecule has 10 heteroatoms. The molecule has 4 heterocycles. The molecule has 190 valence electrons. The molecule has 0 atom stereocenters. The summed E-state index contributed by atoms with van der Waals surface area (Å²) in [5.74, 6) is -0.224. The van der Waals surface area contributed by atoms with Gasteiger partial charge in [-0.25, -0.2) is 14.4 Å². The van der Waals surface area contributed by atoms with Crippen molar-refractivity contribution in [3.63, 3.8) is 0 Å². The maximum absolute atomic E-state index is 14.8. The maximum atomic E-state index is 14.8. The molecule has 2 aromatic heterocycles. The Hall–Kier alpha value is -3.37. The van der Waals surface area contributed by atoms with Gasteiger partial charge in [0.05, 0.1) is 24.4 Å². The summed E-state index contributed by atoms with van der Waals surface area (Å²) in [6, 6.07) is 7.19. The molecule has 2 N–H and O–H groups in total. The predicted octanol–water partition coefficient (Wildman–Crippen LogP) is 2.03. The van der Waals surface area contributed by atoms with Crippen LogP contribution in [0.3, 0.4) is 0 Å². The summed E-state index contributed by atoms with van der Waals surface area (Å²) >= 11 is 0. The fourth-order valence-corrected chi connectivity index (χ4v) is 4.68. The molecule has 0 aliphatic carbocycles. The second-order valence-electron chi connectivity index (χ2n) is 9.54. The van der Waals surface area contributed by atoms with Crippen molar-refractivity contribution in [2.45, 2.75) is 26.8 Å². The zero-order valence-electron chi connectivity index (χ0n) is 20.6. The van der Waals surface area contributed by atoms with Gasteiger partial charge in [0, 0.05) is 50.9 Å². The second-order valence-corrected chi connectivity index (χ2v) is 9.54. The number of pyridine rings is 1. The molecule has 2 fully saturated rings. The van der Waals surface area contributed by atoms with Crippen LogP contribution < -0.4 is 15.8 Å². The number of nitrogens with zero attached hydrogens (tertiary/aromatic N) is 4. The van der Waals surface area contributed by atoms with E-state index in [1.165, 1.54) is 6.07 Å². The molecule has 0 spiro atoms. The summed E-state index contributed by atoms with van der Waals surface area (Å²) in [6.45, 7) is 9.15. The molecule has 36 heavy (non-hydrogen) atoms. The Morgan fingerprint density at radius 3 is 2.67 bits per heavy atom. The SMILES string of the molecule is CCc1nc2c(F)cc(CN3CCN(c4ccc(C)nc4C(=O)NCC4COC4)CC3)cc2[nH]c1=O. The van der Waals surface area contributed by atoms with Gasteiger partial charge in [0.2, 0.25) is 0 Å². The number of hydrogen-bond acceptors (Lipinski definition) is 7. The number of aryl methyl sites for hydroxylation is 2. The first-order chi connectivity index (χ1) is 17.4. The molecule has 0 bridgehead atoms. The van der Waals surface area contributed by atoms with Gasteiger partial charge in [-0.15, -0.1) is 0 Å². The highest BCUT2D eigenvalue weighted by Crippen LogP contribution is 2.23. The van der Waals surface area contributed by atoms with Crippen LogP contribution >= 0.6 is 0 Å². The lowest BCUT2D eigenvalue weighted by molar-refractivity contribution is -0.0299. The first kappa shape index (κ1) is 24.3. The number of ether oxygens (including phenoxy) is 1. The number of anilines is 1. The van der Waals surface area contributed by atoms with Crippen LogP contribution in [0.5, 0.6) is 0 Å². The van der Waals surface area contributed by atoms with Crippen LogP contribution in [0, 0.1) is 18.7 Å². The van der Waals surface area contributed by atoms with E-state index in [1.807, 2.05) is 26.0 Å². The van der Waals surface area contributed by atoms with Gasteiger partial charge >= 0.3 is 0 Å². The van der Waals surface area contributed by atoms with Crippen molar-refractivity contribution in [1.29, 1.82) is 0 Å². The minimum absolute atomic E-state index is 0.163. The van der Waals surface area contributed by atoms with Crippen LogP contribution in [-0.4, -0.2) is 71.7 Å². The lowest BCUT2D eigenvalue weighted by Crippen LogP contribution is -2.47. The van der Waals surface area contributed by atoms with Crippen molar-refractivity contribution in [3.05, 3.63) is 63.1 Å². The van der Waals surface area contributed by atoms with E-state index in [2.05, 4.69) is 30.1 Å². The summed E-state index contributed by atoms with van der Waals surface area (Å²) < 4.78 is 19.9. The molecule has 5 rings (SSSR count). The molecule has 1 amide bonds. The molecular weight excluding hydrogens is 463 g/mol. The zero-order chi connectivity index (χ0) is 25.2. The van der Waals surface area contributed by atoms with E-state index in [4.69, 9.17) is 4.74 Å². The molecule has 2 saturated heterocycles. The summed E-state index contributed by atoms with van der Waals surface area (Å²) in [5.41, 5.74) is 3.53. The number of fused-ring (bicyclic) bond motifs is 1. The van der Waals surface area contributed by atoms with E-state index >= 15 is 0 Å². The average molecular weight is 495 g/mol. The first-order valence-electron chi connectivity index (χ1n) is 12.4. The smallest absolute Gasteiger partial charge is 0.272 e. The monoisotopic (exact) mass is 494 g/mol. The third-order valence-corrected chi connectivity index (χ3v) is 6.82. The van der Waals surface area contributed by atoms with Crippen molar-refractivity contribution in [2.75, 3.05) is 50.8 Å². The summed E-state index contributed by atoms with van der Waals surface area (Å²) in [6.07, 6.45) is 0.450. The summed E-state index contributed by atoms with van der Waals surface area (Å²) in [4.78, 5) is 41.0. The van der Waals surface area contributed by atoms with Crippen LogP contribution in [0.15, 0.2) is 29.1 Å². The van der Waals surface area contributed by atoms with Crippen molar-refractivity contribution in [2.24, 2.45) is 5.92 Å². The Balaban J connectivity index is 1.25. The Morgan fingerprint density at radius 2 is 1.97 bits per heavy atom. The number of nitrogens with one attached hydrogen (secondary N) is 2. The zero-order valence-corrected chi connectivity index (χ0v) is 20.6. The highest BCUT2D eigenvalue weighted by atomic mass is 19.1. The second kappa shape index (κ2) is 10.3. The van der Waals surface area contributed by atoms with Crippen LogP contribution in [0.4, 0.5) is 10.1 Å². The predicted molar refractivity (Wildman–Crippen MR) is 135 cm³/mol. The molecule has 3 aromatic rings. The van der Waals surface area contributed by atoms with Crippen LogP contribution in [0.2, 0.25) is 0 Å². The summed E-state index contributed by atoms with van der Waals surface area (Å²) in [7, 11) is 0. The van der Waals surface area contributed by atoms with Crippen molar-refractivity contribution in [1.82, 2.24) is 25.2 Å². The molecule has 1 aromatic carbocycles. The third kappa shape index (κ3) is 5.10. The maximum Gasteiger partial charge on any atom is 0.272 e. The fourth-order valence-electron chi connectivity index (χ4n) is 4.68.